The Morgan fingerprint density at radius 1 is 1.24 bits per heavy atom. The van der Waals surface area contributed by atoms with Crippen LogP contribution in [0.25, 0.3) is 0 Å². The van der Waals surface area contributed by atoms with Crippen molar-refractivity contribution >= 4 is 28.9 Å². The second-order valence-electron chi connectivity index (χ2n) is 7.73. The molecule has 8 nitrogen and oxygen atoms in total. The molecular formula is C22H20ClF3N4O4. The number of benzene rings is 2. The monoisotopic (exact) mass is 496 g/mol. The van der Waals surface area contributed by atoms with Crippen LogP contribution in [0.5, 0.6) is 11.5 Å². The molecule has 1 unspecified atom stereocenters. The Morgan fingerprint density at radius 2 is 1.94 bits per heavy atom. The minimum Gasteiger partial charge on any atom is -0.457 e. The molecule has 1 amide bonds. The van der Waals surface area contributed by atoms with Crippen LogP contribution in [-0.4, -0.2) is 20.6 Å². The Balaban J connectivity index is 1.79. The number of aromatic nitrogens is 2. The molecule has 1 aromatic heterocycles. The van der Waals surface area contributed by atoms with E-state index in [1.54, 1.807) is 25.1 Å². The molecule has 0 saturated heterocycles. The first-order valence-electron chi connectivity index (χ1n) is 9.99. The number of amides is 1. The average molecular weight is 497 g/mol. The number of nitrogens with one attached hydrogen (secondary N) is 1. The van der Waals surface area contributed by atoms with Crippen LogP contribution in [0.4, 0.5) is 24.5 Å². The summed E-state index contributed by atoms with van der Waals surface area (Å²) in [5, 5.41) is 17.9. The summed E-state index contributed by atoms with van der Waals surface area (Å²) in [6.07, 6.45) is -4.59. The maximum atomic E-state index is 12.9. The summed E-state index contributed by atoms with van der Waals surface area (Å²) in [7, 11) is 0. The number of non-ortho nitro benzene ring substituents is 1. The zero-order valence-corrected chi connectivity index (χ0v) is 19.1. The van der Waals surface area contributed by atoms with Gasteiger partial charge in [0, 0.05) is 22.8 Å². The number of nitrogens with zero attached hydrogens (tertiary/aromatic N) is 3. The van der Waals surface area contributed by atoms with Gasteiger partial charge in [-0.1, -0.05) is 18.5 Å². The minimum atomic E-state index is -4.59. The minimum absolute atomic E-state index is 0.0980. The number of hydrogen-bond donors (Lipinski definition) is 1. The fourth-order valence-electron chi connectivity index (χ4n) is 3.12. The number of nitro groups is 1. The van der Waals surface area contributed by atoms with Crippen molar-refractivity contribution < 1.29 is 27.6 Å². The zero-order valence-electron chi connectivity index (χ0n) is 18.3. The molecule has 34 heavy (non-hydrogen) atoms. The van der Waals surface area contributed by atoms with Crippen LogP contribution in [0.15, 0.2) is 42.5 Å². The maximum Gasteiger partial charge on any atom is 0.435 e. The molecule has 0 aliphatic heterocycles. The van der Waals surface area contributed by atoms with Gasteiger partial charge in [-0.3, -0.25) is 19.6 Å². The summed E-state index contributed by atoms with van der Waals surface area (Å²) in [5.74, 6) is -0.815. The number of halogens is 4. The Labute approximate surface area is 197 Å². The van der Waals surface area contributed by atoms with Crippen LogP contribution in [0, 0.1) is 29.9 Å². The van der Waals surface area contributed by atoms with Gasteiger partial charge in [0.2, 0.25) is 5.91 Å². The number of aryl methyl sites for hydroxylation is 2. The third-order valence-corrected chi connectivity index (χ3v) is 5.14. The number of ether oxygens (including phenoxy) is 1. The maximum absolute atomic E-state index is 12.9. The number of anilines is 1. The number of hydrogen-bond acceptors (Lipinski definition) is 5. The lowest BCUT2D eigenvalue weighted by Crippen LogP contribution is -2.25. The van der Waals surface area contributed by atoms with Gasteiger partial charge >= 0.3 is 6.18 Å². The first-order valence-corrected chi connectivity index (χ1v) is 10.4. The molecule has 1 heterocycles. The molecule has 0 radical (unpaired) electrons. The van der Waals surface area contributed by atoms with E-state index in [0.29, 0.717) is 16.3 Å². The lowest BCUT2D eigenvalue weighted by molar-refractivity contribution is -0.384. The molecule has 3 aromatic rings. The molecule has 2 aromatic carbocycles. The highest BCUT2D eigenvalue weighted by Gasteiger charge is 2.34. The Bertz CT molecular complexity index is 1240. The van der Waals surface area contributed by atoms with Gasteiger partial charge in [0.1, 0.15) is 11.5 Å². The zero-order chi connectivity index (χ0) is 25.2. The largest absolute Gasteiger partial charge is 0.457 e. The number of rotatable bonds is 7. The molecule has 0 bridgehead atoms. The van der Waals surface area contributed by atoms with Crippen LogP contribution < -0.4 is 10.1 Å². The van der Waals surface area contributed by atoms with Crippen molar-refractivity contribution in [3.05, 3.63) is 74.6 Å². The summed E-state index contributed by atoms with van der Waals surface area (Å²) in [5.41, 5.74) is -0.316. The van der Waals surface area contributed by atoms with Crippen LogP contribution >= 0.6 is 11.6 Å². The second-order valence-corrected chi connectivity index (χ2v) is 8.16. The van der Waals surface area contributed by atoms with E-state index in [-0.39, 0.29) is 29.4 Å². The fourth-order valence-corrected chi connectivity index (χ4v) is 3.34. The molecule has 0 saturated carbocycles. The highest BCUT2D eigenvalue weighted by atomic mass is 35.5. The predicted molar refractivity (Wildman–Crippen MR) is 119 cm³/mol. The summed E-state index contributed by atoms with van der Waals surface area (Å²) >= 11 is 5.94. The fraction of sp³-hybridized carbons (Fsp3) is 0.273. The van der Waals surface area contributed by atoms with Gasteiger partial charge in [-0.15, -0.1) is 0 Å². The number of carbonyl (C=O) groups excluding carboxylic acids is 1. The van der Waals surface area contributed by atoms with Crippen LogP contribution in [0.1, 0.15) is 23.9 Å². The average Bonchev–Trinajstić information content (AvgIpc) is 3.10. The van der Waals surface area contributed by atoms with Crippen molar-refractivity contribution in [1.29, 1.82) is 0 Å². The van der Waals surface area contributed by atoms with E-state index < -0.39 is 28.6 Å². The number of nitro benzene ring substituents is 1. The van der Waals surface area contributed by atoms with Crippen LogP contribution in [0.2, 0.25) is 5.02 Å². The molecule has 0 fully saturated rings. The third kappa shape index (κ3) is 6.04. The Hall–Kier alpha value is -3.60. The van der Waals surface area contributed by atoms with E-state index >= 15 is 0 Å². The highest BCUT2D eigenvalue weighted by Crippen LogP contribution is 2.33. The quantitative estimate of drug-likeness (QED) is 0.312. The first kappa shape index (κ1) is 25.0. The van der Waals surface area contributed by atoms with Gasteiger partial charge in [0.05, 0.1) is 29.1 Å². The third-order valence-electron chi connectivity index (χ3n) is 4.90. The molecule has 180 valence electrons. The van der Waals surface area contributed by atoms with E-state index in [2.05, 4.69) is 10.4 Å². The van der Waals surface area contributed by atoms with E-state index in [1.165, 1.54) is 26.0 Å². The molecule has 0 aliphatic carbocycles. The summed E-state index contributed by atoms with van der Waals surface area (Å²) in [6, 6.07) is 9.55. The summed E-state index contributed by atoms with van der Waals surface area (Å²) in [4.78, 5) is 23.4. The standard InChI is InChI=1S/C22H20ClF3N4O4/c1-12-6-15(23)4-5-19(12)34-18-9-16(8-17(10-18)30(32)33)27-21(31)13(2)11-29-14(3)7-20(28-29)22(24,25)26/h4-10,13H,11H2,1-3H3,(H,27,31). The van der Waals surface area contributed by atoms with Gasteiger partial charge in [0.15, 0.2) is 5.69 Å². The molecular weight excluding hydrogens is 477 g/mol. The van der Waals surface area contributed by atoms with Crippen molar-refractivity contribution in [2.75, 3.05) is 5.32 Å². The Kier molecular flexibility index (Phi) is 7.15. The van der Waals surface area contributed by atoms with Gasteiger partial charge in [-0.25, -0.2) is 0 Å². The summed E-state index contributed by atoms with van der Waals surface area (Å²) < 4.78 is 45.5. The molecule has 0 spiro atoms. The van der Waals surface area contributed by atoms with E-state index in [0.717, 1.165) is 16.8 Å². The van der Waals surface area contributed by atoms with Crippen molar-refractivity contribution in [2.24, 2.45) is 5.92 Å². The SMILES string of the molecule is Cc1cc(Cl)ccc1Oc1cc(NC(=O)C(C)Cn2nc(C(F)(F)F)cc2C)cc([N+](=O)[O-])c1. The highest BCUT2D eigenvalue weighted by molar-refractivity contribution is 6.30. The number of alkyl halides is 3. The van der Waals surface area contributed by atoms with Crippen LogP contribution in [-0.2, 0) is 17.5 Å². The van der Waals surface area contributed by atoms with Crippen molar-refractivity contribution in [3.63, 3.8) is 0 Å². The molecule has 0 aliphatic rings. The lowest BCUT2D eigenvalue weighted by atomic mass is 10.1. The molecule has 12 heteroatoms. The molecule has 1 N–H and O–H groups in total. The molecule has 3 rings (SSSR count). The smallest absolute Gasteiger partial charge is 0.435 e. The van der Waals surface area contributed by atoms with Gasteiger partial charge in [-0.05, 0) is 43.7 Å². The van der Waals surface area contributed by atoms with Crippen molar-refractivity contribution in [3.8, 4) is 11.5 Å². The first-order chi connectivity index (χ1) is 15.8. The van der Waals surface area contributed by atoms with Gasteiger partial charge < -0.3 is 10.1 Å². The molecule has 1 atom stereocenters. The number of carbonyl (C=O) groups is 1. The van der Waals surface area contributed by atoms with Crippen molar-refractivity contribution in [2.45, 2.75) is 33.5 Å². The van der Waals surface area contributed by atoms with Gasteiger partial charge in [0.25, 0.3) is 5.69 Å². The Morgan fingerprint density at radius 3 is 2.53 bits per heavy atom. The van der Waals surface area contributed by atoms with Gasteiger partial charge in [-0.2, -0.15) is 18.3 Å². The predicted octanol–water partition coefficient (Wildman–Crippen LogP) is 6.15. The van der Waals surface area contributed by atoms with E-state index in [9.17, 15) is 28.1 Å². The summed E-state index contributed by atoms with van der Waals surface area (Å²) in [6.45, 7) is 4.60. The van der Waals surface area contributed by atoms with E-state index in [4.69, 9.17) is 16.3 Å². The van der Waals surface area contributed by atoms with Crippen LogP contribution in [0.3, 0.4) is 0 Å². The normalized spacial score (nSPS) is 12.3. The van der Waals surface area contributed by atoms with E-state index in [1.807, 2.05) is 0 Å². The van der Waals surface area contributed by atoms with Crippen molar-refractivity contribution in [1.82, 2.24) is 9.78 Å². The topological polar surface area (TPSA) is 99.3 Å². The lowest BCUT2D eigenvalue weighted by Gasteiger charge is -2.15. The second kappa shape index (κ2) is 9.72.